The summed E-state index contributed by atoms with van der Waals surface area (Å²) in [5.74, 6) is -0.535. The molecule has 0 saturated heterocycles. The van der Waals surface area contributed by atoms with Crippen molar-refractivity contribution >= 4 is 34.0 Å². The third kappa shape index (κ3) is 4.92. The second-order valence-electron chi connectivity index (χ2n) is 6.43. The molecule has 11 heteroatoms. The Kier molecular flexibility index (Phi) is 5.75. The molecule has 6 nitrogen and oxygen atoms in total. The summed E-state index contributed by atoms with van der Waals surface area (Å²) in [5.41, 5.74) is 2.69. The van der Waals surface area contributed by atoms with Crippen LogP contribution in [0.3, 0.4) is 0 Å². The van der Waals surface area contributed by atoms with E-state index in [1.165, 1.54) is 0 Å². The van der Waals surface area contributed by atoms with E-state index in [4.69, 9.17) is 11.6 Å². The zero-order chi connectivity index (χ0) is 22.0. The van der Waals surface area contributed by atoms with Gasteiger partial charge >= 0.3 is 6.18 Å². The van der Waals surface area contributed by atoms with Gasteiger partial charge in [-0.3, -0.25) is 4.79 Å². The lowest BCUT2D eigenvalue weighted by atomic mass is 10.1. The van der Waals surface area contributed by atoms with Gasteiger partial charge in [-0.15, -0.1) is 10.2 Å². The molecule has 2 heterocycles. The average Bonchev–Trinajstić information content (AvgIpc) is 3.37. The third-order valence-corrected chi connectivity index (χ3v) is 5.33. The Bertz CT molecular complexity index is 1210. The van der Waals surface area contributed by atoms with Crippen molar-refractivity contribution < 1.29 is 18.0 Å². The Morgan fingerprint density at radius 2 is 1.77 bits per heavy atom. The van der Waals surface area contributed by atoms with E-state index in [1.54, 1.807) is 35.1 Å². The van der Waals surface area contributed by atoms with E-state index in [9.17, 15) is 18.0 Å². The highest BCUT2D eigenvalue weighted by molar-refractivity contribution is 7.15. The van der Waals surface area contributed by atoms with Crippen LogP contribution in [0.15, 0.2) is 60.8 Å². The van der Waals surface area contributed by atoms with E-state index in [2.05, 4.69) is 20.6 Å². The molecule has 2 aromatic carbocycles. The molecule has 0 bridgehead atoms. The topological polar surface area (TPSA) is 72.7 Å². The van der Waals surface area contributed by atoms with Crippen molar-refractivity contribution in [2.75, 3.05) is 5.32 Å². The molecular weight excluding hydrogens is 451 g/mol. The van der Waals surface area contributed by atoms with Crippen molar-refractivity contribution in [3.05, 3.63) is 76.4 Å². The summed E-state index contributed by atoms with van der Waals surface area (Å²) in [6, 6.07) is 16.3. The SMILES string of the molecule is O=C(Cc1cn(-c2ccccc2)nc1-c1ccc(Cl)cc1)Nc1nnc(C(F)(F)F)s1. The van der Waals surface area contributed by atoms with E-state index in [0.717, 1.165) is 11.3 Å². The number of nitrogens with zero attached hydrogens (tertiary/aromatic N) is 4. The zero-order valence-corrected chi connectivity index (χ0v) is 17.2. The molecule has 31 heavy (non-hydrogen) atoms. The first-order valence-corrected chi connectivity index (χ1v) is 10.1. The first-order chi connectivity index (χ1) is 14.8. The Labute approximate surface area is 183 Å². The number of nitrogens with one attached hydrogen (secondary N) is 1. The van der Waals surface area contributed by atoms with Gasteiger partial charge in [0.05, 0.1) is 17.8 Å². The van der Waals surface area contributed by atoms with Crippen LogP contribution in [-0.2, 0) is 17.4 Å². The van der Waals surface area contributed by atoms with Gasteiger partial charge in [-0.25, -0.2) is 4.68 Å². The second-order valence-corrected chi connectivity index (χ2v) is 7.84. The number of anilines is 1. The maximum atomic E-state index is 12.7. The van der Waals surface area contributed by atoms with Gasteiger partial charge in [0.25, 0.3) is 0 Å². The summed E-state index contributed by atoms with van der Waals surface area (Å²) in [6.45, 7) is 0. The predicted octanol–water partition coefficient (Wildman–Crippen LogP) is 5.24. The molecule has 4 rings (SSSR count). The lowest BCUT2D eigenvalue weighted by Crippen LogP contribution is -2.14. The van der Waals surface area contributed by atoms with Crippen LogP contribution in [0, 0.1) is 0 Å². The number of hydrogen-bond acceptors (Lipinski definition) is 5. The minimum absolute atomic E-state index is 0.119. The molecule has 0 unspecified atom stereocenters. The molecule has 2 aromatic heterocycles. The number of hydrogen-bond donors (Lipinski definition) is 1. The van der Waals surface area contributed by atoms with Crippen LogP contribution in [0.1, 0.15) is 10.6 Å². The molecule has 0 radical (unpaired) electrons. The van der Waals surface area contributed by atoms with Crippen LogP contribution in [0.2, 0.25) is 5.02 Å². The van der Waals surface area contributed by atoms with Crippen LogP contribution >= 0.6 is 22.9 Å². The lowest BCUT2D eigenvalue weighted by molar-refractivity contribution is -0.138. The number of aromatic nitrogens is 4. The van der Waals surface area contributed by atoms with Crippen LogP contribution in [0.25, 0.3) is 16.9 Å². The van der Waals surface area contributed by atoms with Gasteiger partial charge in [-0.05, 0) is 24.3 Å². The molecule has 0 spiro atoms. The highest BCUT2D eigenvalue weighted by Crippen LogP contribution is 2.33. The van der Waals surface area contributed by atoms with E-state index in [-0.39, 0.29) is 22.9 Å². The van der Waals surface area contributed by atoms with Crippen molar-refractivity contribution in [2.45, 2.75) is 12.6 Å². The summed E-state index contributed by atoms with van der Waals surface area (Å²) in [6.07, 6.45) is -3.02. The number of carbonyl (C=O) groups excluding carboxylic acids is 1. The monoisotopic (exact) mass is 463 g/mol. The number of benzene rings is 2. The van der Waals surface area contributed by atoms with Crippen LogP contribution in [0.5, 0.6) is 0 Å². The van der Waals surface area contributed by atoms with Crippen LogP contribution in [0.4, 0.5) is 18.3 Å². The fraction of sp³-hybridized carbons (Fsp3) is 0.100. The molecule has 1 amide bonds. The Hall–Kier alpha value is -3.24. The number of halogens is 4. The van der Waals surface area contributed by atoms with Gasteiger partial charge in [0.2, 0.25) is 16.0 Å². The molecule has 4 aromatic rings. The minimum atomic E-state index is -4.61. The molecule has 0 atom stereocenters. The number of alkyl halides is 3. The van der Waals surface area contributed by atoms with Crippen molar-refractivity contribution in [1.29, 1.82) is 0 Å². The quantitative estimate of drug-likeness (QED) is 0.439. The van der Waals surface area contributed by atoms with Crippen LogP contribution < -0.4 is 5.32 Å². The molecular formula is C20H13ClF3N5OS. The number of carbonyl (C=O) groups is 1. The zero-order valence-electron chi connectivity index (χ0n) is 15.6. The summed E-state index contributed by atoms with van der Waals surface area (Å²) in [7, 11) is 0. The molecule has 0 aliphatic carbocycles. The van der Waals surface area contributed by atoms with Gasteiger partial charge in [-0.2, -0.15) is 18.3 Å². The smallest absolute Gasteiger partial charge is 0.300 e. The van der Waals surface area contributed by atoms with Gasteiger partial charge in [0, 0.05) is 22.3 Å². The highest BCUT2D eigenvalue weighted by Gasteiger charge is 2.35. The third-order valence-electron chi connectivity index (χ3n) is 4.19. The minimum Gasteiger partial charge on any atom is -0.300 e. The fourth-order valence-corrected chi connectivity index (χ4v) is 3.58. The largest absolute Gasteiger partial charge is 0.445 e. The molecule has 158 valence electrons. The lowest BCUT2D eigenvalue weighted by Gasteiger charge is -2.03. The van der Waals surface area contributed by atoms with Gasteiger partial charge in [0.1, 0.15) is 0 Å². The second kappa shape index (κ2) is 8.48. The predicted molar refractivity (Wildman–Crippen MR) is 111 cm³/mol. The number of rotatable bonds is 5. The molecule has 0 saturated carbocycles. The number of para-hydroxylation sites is 1. The van der Waals surface area contributed by atoms with Crippen LogP contribution in [-0.4, -0.2) is 25.9 Å². The fourth-order valence-electron chi connectivity index (χ4n) is 2.83. The van der Waals surface area contributed by atoms with E-state index in [0.29, 0.717) is 16.3 Å². The Balaban J connectivity index is 1.61. The van der Waals surface area contributed by atoms with E-state index in [1.807, 2.05) is 30.3 Å². The van der Waals surface area contributed by atoms with Crippen molar-refractivity contribution in [3.63, 3.8) is 0 Å². The van der Waals surface area contributed by atoms with Crippen molar-refractivity contribution in [2.24, 2.45) is 0 Å². The molecule has 0 fully saturated rings. The first-order valence-electron chi connectivity index (χ1n) is 8.90. The van der Waals surface area contributed by atoms with Crippen molar-refractivity contribution in [3.8, 4) is 16.9 Å². The molecule has 0 aliphatic heterocycles. The van der Waals surface area contributed by atoms with Gasteiger partial charge < -0.3 is 5.32 Å². The standard InChI is InChI=1S/C20H13ClF3N5OS/c21-14-8-6-12(7-9-14)17-13(11-29(28-17)15-4-2-1-3-5-15)10-16(30)25-19-27-26-18(31-19)20(22,23)24/h1-9,11H,10H2,(H,25,27,30). The maximum Gasteiger partial charge on any atom is 0.445 e. The van der Waals surface area contributed by atoms with E-state index >= 15 is 0 Å². The normalized spacial score (nSPS) is 11.5. The summed E-state index contributed by atoms with van der Waals surface area (Å²) >= 11 is 6.24. The molecule has 0 aliphatic rings. The highest BCUT2D eigenvalue weighted by atomic mass is 35.5. The van der Waals surface area contributed by atoms with Gasteiger partial charge in [-0.1, -0.05) is 53.3 Å². The summed E-state index contributed by atoms with van der Waals surface area (Å²) < 4.78 is 39.7. The maximum absolute atomic E-state index is 12.7. The summed E-state index contributed by atoms with van der Waals surface area (Å²) in [4.78, 5) is 12.5. The average molecular weight is 464 g/mol. The van der Waals surface area contributed by atoms with Gasteiger partial charge in [0.15, 0.2) is 0 Å². The Morgan fingerprint density at radius 3 is 2.42 bits per heavy atom. The Morgan fingerprint density at radius 1 is 1.06 bits per heavy atom. The van der Waals surface area contributed by atoms with Crippen molar-refractivity contribution in [1.82, 2.24) is 20.0 Å². The first kappa shape index (κ1) is 21.0. The molecule has 1 N–H and O–H groups in total. The van der Waals surface area contributed by atoms with E-state index < -0.39 is 17.1 Å². The number of amides is 1. The summed E-state index contributed by atoms with van der Waals surface area (Å²) in [5, 5.41) is 12.6.